The van der Waals surface area contributed by atoms with E-state index in [1.165, 1.54) is 12.1 Å². The zero-order valence-corrected chi connectivity index (χ0v) is 21.2. The third-order valence-electron chi connectivity index (χ3n) is 8.99. The Balaban J connectivity index is 1.38. The van der Waals surface area contributed by atoms with Crippen LogP contribution in [0.5, 0.6) is 5.75 Å². The number of nitrogens with zero attached hydrogens (tertiary/aromatic N) is 4. The minimum Gasteiger partial charge on any atom is -0.426 e. The number of benzene rings is 3. The predicted molar refractivity (Wildman–Crippen MR) is 140 cm³/mol. The van der Waals surface area contributed by atoms with Gasteiger partial charge in [0, 0.05) is 17.5 Å². The fourth-order valence-corrected chi connectivity index (χ4v) is 6.30. The van der Waals surface area contributed by atoms with Gasteiger partial charge in [0.2, 0.25) is 0 Å². The van der Waals surface area contributed by atoms with Gasteiger partial charge in [-0.2, -0.15) is 5.26 Å². The van der Waals surface area contributed by atoms with Crippen LogP contribution in [0.2, 0.25) is 0 Å². The molecule has 2 bridgehead atoms. The molecule has 2 atom stereocenters. The first-order valence-electron chi connectivity index (χ1n) is 12.4. The number of esters is 1. The molecule has 188 valence electrons. The molecule has 6 rings (SSSR count). The van der Waals surface area contributed by atoms with E-state index >= 15 is 0 Å². The fraction of sp³-hybridized carbons (Fsp3) is 0.267. The average molecular weight is 505 g/mol. The Morgan fingerprint density at radius 3 is 2.18 bits per heavy atom. The summed E-state index contributed by atoms with van der Waals surface area (Å²) >= 11 is 0. The summed E-state index contributed by atoms with van der Waals surface area (Å²) in [4.78, 5) is 34.6. The Bertz CT molecular complexity index is 1690. The van der Waals surface area contributed by atoms with Crippen LogP contribution in [-0.2, 0) is 15.6 Å². The molecular formula is C30H24N4O4. The van der Waals surface area contributed by atoms with E-state index in [4.69, 9.17) is 20.0 Å². The van der Waals surface area contributed by atoms with Crippen LogP contribution in [0.3, 0.4) is 0 Å². The third-order valence-corrected chi connectivity index (χ3v) is 8.99. The minimum absolute atomic E-state index is 0.0700. The Morgan fingerprint density at radius 1 is 0.921 bits per heavy atom. The molecule has 0 radical (unpaired) electrons. The second-order valence-electron chi connectivity index (χ2n) is 10.8. The Labute approximate surface area is 219 Å². The second kappa shape index (κ2) is 7.93. The van der Waals surface area contributed by atoms with Crippen LogP contribution in [0, 0.1) is 26.9 Å². The molecule has 1 fully saturated rings. The van der Waals surface area contributed by atoms with E-state index in [1.807, 2.05) is 24.3 Å². The number of hydrogen-bond acceptors (Lipinski definition) is 7. The van der Waals surface area contributed by atoms with Crippen molar-refractivity contribution >= 4 is 22.7 Å². The first kappa shape index (κ1) is 23.7. The normalized spacial score (nSPS) is 22.6. The van der Waals surface area contributed by atoms with Gasteiger partial charge in [0.05, 0.1) is 39.0 Å². The van der Waals surface area contributed by atoms with Crippen LogP contribution in [-0.4, -0.2) is 20.9 Å². The Hall–Kier alpha value is -4.64. The summed E-state index contributed by atoms with van der Waals surface area (Å²) in [7, 11) is 0. The molecular weight excluding hydrogens is 480 g/mol. The topological polar surface area (TPSA) is 119 Å². The maximum Gasteiger partial charge on any atom is 0.324 e. The number of non-ortho nitro benzene ring substituents is 1. The smallest absolute Gasteiger partial charge is 0.324 e. The van der Waals surface area contributed by atoms with Crippen molar-refractivity contribution in [3.63, 3.8) is 0 Å². The van der Waals surface area contributed by atoms with Gasteiger partial charge < -0.3 is 4.74 Å². The molecule has 38 heavy (non-hydrogen) atoms. The van der Waals surface area contributed by atoms with Gasteiger partial charge >= 0.3 is 5.97 Å². The summed E-state index contributed by atoms with van der Waals surface area (Å²) in [5, 5.41) is 20.4. The van der Waals surface area contributed by atoms with Crippen LogP contribution in [0.1, 0.15) is 50.6 Å². The lowest BCUT2D eigenvalue weighted by Gasteiger charge is -2.38. The molecule has 2 aliphatic rings. The minimum atomic E-state index is -1.03. The van der Waals surface area contributed by atoms with Gasteiger partial charge in [-0.3, -0.25) is 14.9 Å². The van der Waals surface area contributed by atoms with Crippen molar-refractivity contribution in [2.24, 2.45) is 5.41 Å². The Kier molecular flexibility index (Phi) is 4.95. The number of fused-ring (bicyclic) bond motifs is 6. The highest BCUT2D eigenvalue weighted by atomic mass is 16.6. The molecule has 0 N–H and O–H groups in total. The monoisotopic (exact) mass is 504 g/mol. The zero-order chi connectivity index (χ0) is 26.9. The summed E-state index contributed by atoms with van der Waals surface area (Å²) in [6.07, 6.45) is 1.31. The molecule has 0 spiro atoms. The van der Waals surface area contributed by atoms with Gasteiger partial charge in [-0.05, 0) is 59.7 Å². The predicted octanol–water partition coefficient (Wildman–Crippen LogP) is 6.01. The summed E-state index contributed by atoms with van der Waals surface area (Å²) in [5.41, 5.74) is 2.73. The van der Waals surface area contributed by atoms with E-state index < -0.39 is 27.1 Å². The van der Waals surface area contributed by atoms with Gasteiger partial charge in [0.1, 0.15) is 11.2 Å². The molecule has 2 unspecified atom stereocenters. The first-order chi connectivity index (χ1) is 18.1. The number of nitro groups is 1. The maximum atomic E-state index is 14.0. The summed E-state index contributed by atoms with van der Waals surface area (Å²) < 4.78 is 6.00. The maximum absolute atomic E-state index is 14.0. The van der Waals surface area contributed by atoms with E-state index in [0.29, 0.717) is 34.5 Å². The highest BCUT2D eigenvalue weighted by Crippen LogP contribution is 2.70. The number of nitro benzene ring substituents is 1. The quantitative estimate of drug-likeness (QED) is 0.144. The number of hydrogen-bond donors (Lipinski definition) is 0. The highest BCUT2D eigenvalue weighted by molar-refractivity contribution is 5.90. The number of carbonyl (C=O) groups excluding carboxylic acids is 1. The number of ether oxygens (including phenoxy) is 1. The van der Waals surface area contributed by atoms with Crippen LogP contribution in [0.15, 0.2) is 66.7 Å². The third kappa shape index (κ3) is 3.05. The van der Waals surface area contributed by atoms with Gasteiger partial charge in [0.25, 0.3) is 5.69 Å². The van der Waals surface area contributed by atoms with Crippen LogP contribution < -0.4 is 4.74 Å². The lowest BCUT2D eigenvalue weighted by molar-refractivity contribution is -0.384. The standard InChI is InChI=1S/C30H24N4O4/c1-28(2)29(3)14-15-30(28,26-25(29)32-23-13-10-21(34(36)37)16-24(23)33-26)27(35)38-22-11-8-20(9-12-22)19-6-4-18(17-31)5-7-19/h4-13,16H,14-15H2,1-3H3. The van der Waals surface area contributed by atoms with Crippen molar-refractivity contribution in [2.75, 3.05) is 0 Å². The van der Waals surface area contributed by atoms with Crippen LogP contribution in [0.25, 0.3) is 22.2 Å². The number of rotatable bonds is 4. The van der Waals surface area contributed by atoms with E-state index in [-0.39, 0.29) is 5.69 Å². The van der Waals surface area contributed by atoms with Crippen molar-refractivity contribution in [3.05, 3.63) is 93.8 Å². The van der Waals surface area contributed by atoms with Gasteiger partial charge in [-0.25, -0.2) is 9.97 Å². The molecule has 0 saturated heterocycles. The molecule has 0 aliphatic heterocycles. The van der Waals surface area contributed by atoms with Gasteiger partial charge in [-0.1, -0.05) is 45.0 Å². The Morgan fingerprint density at radius 2 is 1.55 bits per heavy atom. The summed E-state index contributed by atoms with van der Waals surface area (Å²) in [6, 6.07) is 21.1. The lowest BCUT2D eigenvalue weighted by atomic mass is 9.64. The molecule has 3 aromatic carbocycles. The van der Waals surface area contributed by atoms with Crippen molar-refractivity contribution in [3.8, 4) is 22.9 Å². The van der Waals surface area contributed by atoms with Crippen molar-refractivity contribution in [2.45, 2.75) is 44.4 Å². The van der Waals surface area contributed by atoms with Crippen molar-refractivity contribution in [1.82, 2.24) is 9.97 Å². The average Bonchev–Trinajstić information content (AvgIpc) is 3.22. The molecule has 2 aliphatic carbocycles. The zero-order valence-electron chi connectivity index (χ0n) is 21.2. The van der Waals surface area contributed by atoms with Crippen LogP contribution in [0.4, 0.5) is 5.69 Å². The number of aromatic nitrogens is 2. The highest BCUT2D eigenvalue weighted by Gasteiger charge is 2.74. The van der Waals surface area contributed by atoms with Crippen LogP contribution >= 0.6 is 0 Å². The molecule has 1 heterocycles. The SMILES string of the molecule is CC12CCC(C(=O)Oc3ccc(-c4ccc(C#N)cc4)cc3)(c3nc4cc([N+](=O)[O-])ccc4nc31)C2(C)C. The van der Waals surface area contributed by atoms with Crippen molar-refractivity contribution < 1.29 is 14.5 Å². The fourth-order valence-electron chi connectivity index (χ4n) is 6.30. The first-order valence-corrected chi connectivity index (χ1v) is 12.4. The number of carbonyl (C=O) groups is 1. The second-order valence-corrected chi connectivity index (χ2v) is 10.8. The lowest BCUT2D eigenvalue weighted by Crippen LogP contribution is -2.48. The molecule has 8 heteroatoms. The van der Waals surface area contributed by atoms with Gasteiger partial charge in [-0.15, -0.1) is 0 Å². The van der Waals surface area contributed by atoms with Crippen molar-refractivity contribution in [1.29, 1.82) is 5.26 Å². The molecule has 1 saturated carbocycles. The molecule has 1 aromatic heterocycles. The molecule has 8 nitrogen and oxygen atoms in total. The van der Waals surface area contributed by atoms with E-state index in [1.54, 1.807) is 30.3 Å². The largest absolute Gasteiger partial charge is 0.426 e. The van der Waals surface area contributed by atoms with Gasteiger partial charge in [0.15, 0.2) is 0 Å². The van der Waals surface area contributed by atoms with E-state index in [9.17, 15) is 14.9 Å². The van der Waals surface area contributed by atoms with E-state index in [2.05, 4.69) is 26.8 Å². The summed E-state index contributed by atoms with van der Waals surface area (Å²) in [5.74, 6) is 0.0270. The van der Waals surface area contributed by atoms with E-state index in [0.717, 1.165) is 23.2 Å². The molecule has 0 amide bonds. The summed E-state index contributed by atoms with van der Waals surface area (Å²) in [6.45, 7) is 6.24. The molecule has 4 aromatic rings. The number of nitriles is 1.